The van der Waals surface area contributed by atoms with Crippen molar-refractivity contribution in [1.29, 1.82) is 0 Å². The van der Waals surface area contributed by atoms with Gasteiger partial charge in [-0.05, 0) is 29.8 Å². The van der Waals surface area contributed by atoms with Gasteiger partial charge in [0.2, 0.25) is 0 Å². The van der Waals surface area contributed by atoms with E-state index in [2.05, 4.69) is 16.9 Å². The third-order valence-corrected chi connectivity index (χ3v) is 2.01. The lowest BCUT2D eigenvalue weighted by atomic mass is 10.1. The van der Waals surface area contributed by atoms with E-state index in [0.717, 1.165) is 5.69 Å². The highest BCUT2D eigenvalue weighted by atomic mass is 16.5. The van der Waals surface area contributed by atoms with Crippen molar-refractivity contribution in [2.75, 3.05) is 12.3 Å². The first kappa shape index (κ1) is 12.0. The molecule has 0 saturated heterocycles. The summed E-state index contributed by atoms with van der Waals surface area (Å²) in [7, 11) is 0. The van der Waals surface area contributed by atoms with E-state index in [4.69, 9.17) is 5.73 Å². The molecule has 16 heavy (non-hydrogen) atoms. The zero-order valence-corrected chi connectivity index (χ0v) is 9.22. The molecule has 2 rings (SSSR count). The Morgan fingerprint density at radius 2 is 1.88 bits per heavy atom. The number of nitrogen functional groups attached to an aromatic ring is 1. The van der Waals surface area contributed by atoms with E-state index in [1.807, 2.05) is 30.3 Å². The van der Waals surface area contributed by atoms with Crippen LogP contribution in [0.2, 0.25) is 0 Å². The molecule has 3 nitrogen and oxygen atoms in total. The van der Waals surface area contributed by atoms with Crippen LogP contribution in [0, 0.1) is 0 Å². The molecule has 0 aliphatic rings. The van der Waals surface area contributed by atoms with Gasteiger partial charge in [0.15, 0.2) is 0 Å². The van der Waals surface area contributed by atoms with Crippen LogP contribution >= 0.6 is 0 Å². The molecule has 0 amide bonds. The van der Waals surface area contributed by atoms with E-state index in [9.17, 15) is 4.79 Å². The summed E-state index contributed by atoms with van der Waals surface area (Å²) in [5.74, 6) is 0. The van der Waals surface area contributed by atoms with Crippen LogP contribution in [0.15, 0.2) is 42.5 Å². The molecule has 0 unspecified atom stereocenters. The highest BCUT2D eigenvalue weighted by Crippen LogP contribution is 2.15. The summed E-state index contributed by atoms with van der Waals surface area (Å²) in [5, 5.41) is 2.44. The van der Waals surface area contributed by atoms with E-state index in [1.165, 1.54) is 10.8 Å². The number of ether oxygens (including phenoxy) is 1. The Labute approximate surface area is 94.8 Å². The van der Waals surface area contributed by atoms with Crippen LogP contribution in [-0.2, 0) is 9.53 Å². The van der Waals surface area contributed by atoms with Crippen LogP contribution < -0.4 is 5.73 Å². The third-order valence-electron chi connectivity index (χ3n) is 2.01. The molecule has 0 heterocycles. The molecule has 0 fully saturated rings. The molecule has 0 atom stereocenters. The van der Waals surface area contributed by atoms with Crippen molar-refractivity contribution in [2.24, 2.45) is 0 Å². The predicted molar refractivity (Wildman–Crippen MR) is 66.1 cm³/mol. The van der Waals surface area contributed by atoms with Gasteiger partial charge in [0, 0.05) is 5.69 Å². The van der Waals surface area contributed by atoms with E-state index in [-0.39, 0.29) is 0 Å². The summed E-state index contributed by atoms with van der Waals surface area (Å²) in [4.78, 5) is 9.18. The Bertz CT molecular complexity index is 454. The topological polar surface area (TPSA) is 52.3 Å². The largest absolute Gasteiger partial charge is 0.468 e. The van der Waals surface area contributed by atoms with Gasteiger partial charge in [-0.1, -0.05) is 30.3 Å². The first-order valence-corrected chi connectivity index (χ1v) is 5.07. The number of hydrogen-bond acceptors (Lipinski definition) is 3. The molecule has 0 aliphatic carbocycles. The highest BCUT2D eigenvalue weighted by Gasteiger charge is 1.89. The van der Waals surface area contributed by atoms with Gasteiger partial charge in [-0.15, -0.1) is 0 Å². The van der Waals surface area contributed by atoms with Crippen LogP contribution in [0.3, 0.4) is 0 Å². The van der Waals surface area contributed by atoms with Crippen molar-refractivity contribution in [2.45, 2.75) is 6.92 Å². The van der Waals surface area contributed by atoms with Gasteiger partial charge in [-0.2, -0.15) is 0 Å². The summed E-state index contributed by atoms with van der Waals surface area (Å²) in [6.45, 7) is 2.66. The maximum atomic E-state index is 9.18. The molecule has 84 valence electrons. The summed E-state index contributed by atoms with van der Waals surface area (Å²) in [6.07, 6.45) is 0. The molecular weight excluding hydrogens is 202 g/mol. The number of hydrogen-bond donors (Lipinski definition) is 1. The zero-order valence-electron chi connectivity index (χ0n) is 9.22. The number of nitrogens with two attached hydrogens (primary N) is 1. The fourth-order valence-corrected chi connectivity index (χ4v) is 1.28. The van der Waals surface area contributed by atoms with Gasteiger partial charge in [-0.3, -0.25) is 4.79 Å². The number of rotatable bonds is 2. The van der Waals surface area contributed by atoms with Gasteiger partial charge in [0.1, 0.15) is 0 Å². The van der Waals surface area contributed by atoms with Crippen LogP contribution in [0.4, 0.5) is 5.69 Å². The smallest absolute Gasteiger partial charge is 0.293 e. The second-order valence-electron chi connectivity index (χ2n) is 3.16. The van der Waals surface area contributed by atoms with Gasteiger partial charge in [0.05, 0.1) is 6.61 Å². The van der Waals surface area contributed by atoms with Gasteiger partial charge < -0.3 is 10.5 Å². The summed E-state index contributed by atoms with van der Waals surface area (Å²) in [6, 6.07) is 14.1. The monoisotopic (exact) mass is 217 g/mol. The zero-order chi connectivity index (χ0) is 11.8. The Morgan fingerprint density at radius 1 is 1.19 bits per heavy atom. The van der Waals surface area contributed by atoms with Gasteiger partial charge in [-0.25, -0.2) is 0 Å². The average Bonchev–Trinajstić information content (AvgIpc) is 2.31. The molecule has 2 aromatic rings. The minimum absolute atomic E-state index is 0.431. The fourth-order valence-electron chi connectivity index (χ4n) is 1.28. The molecule has 0 spiro atoms. The number of carbonyl (C=O) groups is 1. The number of carbonyl (C=O) groups excluding carboxylic acids is 1. The van der Waals surface area contributed by atoms with Crippen molar-refractivity contribution >= 4 is 22.9 Å². The molecule has 0 bridgehead atoms. The van der Waals surface area contributed by atoms with Gasteiger partial charge in [0.25, 0.3) is 6.47 Å². The first-order chi connectivity index (χ1) is 7.77. The molecule has 2 aromatic carbocycles. The second-order valence-corrected chi connectivity index (χ2v) is 3.16. The number of anilines is 1. The first-order valence-electron chi connectivity index (χ1n) is 5.07. The minimum atomic E-state index is 0.431. The Kier molecular flexibility index (Phi) is 4.86. The average molecular weight is 217 g/mol. The lowest BCUT2D eigenvalue weighted by Gasteiger charge is -1.96. The molecule has 0 radical (unpaired) electrons. The number of fused-ring (bicyclic) bond motifs is 1. The standard InChI is InChI=1S/C10H9N.C3H6O2/c11-10-6-5-8-3-1-2-4-9(8)7-10;1-2-5-3-4/h1-7H,11H2;3H,2H2,1H3. The summed E-state index contributed by atoms with van der Waals surface area (Å²) >= 11 is 0. The molecule has 0 saturated carbocycles. The molecule has 0 aromatic heterocycles. The maximum absolute atomic E-state index is 9.18. The minimum Gasteiger partial charge on any atom is -0.468 e. The highest BCUT2D eigenvalue weighted by molar-refractivity contribution is 5.85. The van der Waals surface area contributed by atoms with Crippen LogP contribution in [0.5, 0.6) is 0 Å². The van der Waals surface area contributed by atoms with Crippen LogP contribution in [0.25, 0.3) is 10.8 Å². The SMILES string of the molecule is CCOC=O.Nc1ccc2ccccc2c1. The lowest BCUT2D eigenvalue weighted by molar-refractivity contribution is -0.128. The summed E-state index contributed by atoms with van der Waals surface area (Å²) < 4.78 is 4.15. The maximum Gasteiger partial charge on any atom is 0.293 e. The Balaban J connectivity index is 0.000000221. The van der Waals surface area contributed by atoms with E-state index in [1.54, 1.807) is 6.92 Å². The van der Waals surface area contributed by atoms with E-state index >= 15 is 0 Å². The van der Waals surface area contributed by atoms with Crippen LogP contribution in [-0.4, -0.2) is 13.1 Å². The van der Waals surface area contributed by atoms with Crippen molar-refractivity contribution in [3.63, 3.8) is 0 Å². The van der Waals surface area contributed by atoms with Crippen molar-refractivity contribution < 1.29 is 9.53 Å². The molecular formula is C13H15NO2. The lowest BCUT2D eigenvalue weighted by Crippen LogP contribution is -1.82. The molecule has 3 heteroatoms. The molecule has 0 aliphatic heterocycles. The van der Waals surface area contributed by atoms with E-state index in [0.29, 0.717) is 13.1 Å². The quantitative estimate of drug-likeness (QED) is 0.621. The van der Waals surface area contributed by atoms with Crippen molar-refractivity contribution in [3.05, 3.63) is 42.5 Å². The third kappa shape index (κ3) is 3.61. The number of benzene rings is 2. The normalized spacial score (nSPS) is 9.06. The van der Waals surface area contributed by atoms with Crippen molar-refractivity contribution in [3.8, 4) is 0 Å². The van der Waals surface area contributed by atoms with Crippen molar-refractivity contribution in [1.82, 2.24) is 0 Å². The fraction of sp³-hybridized carbons (Fsp3) is 0.154. The Morgan fingerprint density at radius 3 is 2.44 bits per heavy atom. The Hall–Kier alpha value is -2.03. The molecule has 2 N–H and O–H groups in total. The predicted octanol–water partition coefficient (Wildman–Crippen LogP) is 2.60. The van der Waals surface area contributed by atoms with Crippen LogP contribution in [0.1, 0.15) is 6.92 Å². The van der Waals surface area contributed by atoms with E-state index < -0.39 is 0 Å². The van der Waals surface area contributed by atoms with Gasteiger partial charge >= 0.3 is 0 Å². The summed E-state index contributed by atoms with van der Waals surface area (Å²) in [5.41, 5.74) is 6.45. The second kappa shape index (κ2) is 6.45.